The number of hydrogen-bond acceptors (Lipinski definition) is 3. The van der Waals surface area contributed by atoms with Gasteiger partial charge >= 0.3 is 0 Å². The van der Waals surface area contributed by atoms with Crippen molar-refractivity contribution in [1.82, 2.24) is 10.2 Å². The van der Waals surface area contributed by atoms with E-state index in [-0.39, 0.29) is 42.0 Å². The summed E-state index contributed by atoms with van der Waals surface area (Å²) in [6, 6.07) is 12.8. The summed E-state index contributed by atoms with van der Waals surface area (Å²) in [5.74, 6) is 0.317. The van der Waals surface area contributed by atoms with Crippen LogP contribution >= 0.6 is 24.0 Å². The molecule has 25 heavy (non-hydrogen) atoms. The number of guanidine groups is 1. The molecule has 0 bridgehead atoms. The van der Waals surface area contributed by atoms with Gasteiger partial charge in [0.05, 0.1) is 4.92 Å². The first kappa shape index (κ1) is 20.8. The van der Waals surface area contributed by atoms with Gasteiger partial charge in [0, 0.05) is 38.8 Å². The standard InChI is InChI=1S/C17H19FN4O2.HI/c1-19-17(21(2)12-13-7-9-15(18)10-8-13)20-11-14-5-3-4-6-16(14)22(23)24;/h3-10H,11-12H2,1-2H3,(H,19,20);1H. The molecule has 0 aromatic heterocycles. The summed E-state index contributed by atoms with van der Waals surface area (Å²) in [5, 5.41) is 14.2. The highest BCUT2D eigenvalue weighted by atomic mass is 127. The predicted molar refractivity (Wildman–Crippen MR) is 107 cm³/mol. The van der Waals surface area contributed by atoms with Gasteiger partial charge in [0.25, 0.3) is 5.69 Å². The lowest BCUT2D eigenvalue weighted by molar-refractivity contribution is -0.385. The maximum absolute atomic E-state index is 13.0. The number of halogens is 2. The van der Waals surface area contributed by atoms with Gasteiger partial charge in [0.2, 0.25) is 0 Å². The summed E-state index contributed by atoms with van der Waals surface area (Å²) in [6.07, 6.45) is 0. The number of nitro benzene ring substituents is 1. The van der Waals surface area contributed by atoms with E-state index in [0.717, 1.165) is 5.56 Å². The Balaban J connectivity index is 0.00000312. The number of nitrogens with zero attached hydrogens (tertiary/aromatic N) is 3. The molecule has 0 amide bonds. The normalized spacial score (nSPS) is 10.8. The van der Waals surface area contributed by atoms with Crippen LogP contribution in [0.15, 0.2) is 53.5 Å². The molecule has 0 spiro atoms. The lowest BCUT2D eigenvalue weighted by Crippen LogP contribution is -2.38. The molecule has 0 aliphatic rings. The van der Waals surface area contributed by atoms with Crippen molar-refractivity contribution in [3.8, 4) is 0 Å². The molecular formula is C17H20FIN4O2. The number of nitro groups is 1. The molecule has 0 atom stereocenters. The zero-order valence-corrected chi connectivity index (χ0v) is 16.3. The van der Waals surface area contributed by atoms with E-state index in [1.807, 2.05) is 11.9 Å². The van der Waals surface area contributed by atoms with Crippen molar-refractivity contribution in [2.24, 2.45) is 4.99 Å². The summed E-state index contributed by atoms with van der Waals surface area (Å²) < 4.78 is 13.0. The van der Waals surface area contributed by atoms with Crippen molar-refractivity contribution >= 4 is 35.6 Å². The number of benzene rings is 2. The van der Waals surface area contributed by atoms with Crippen molar-refractivity contribution in [3.63, 3.8) is 0 Å². The lowest BCUT2D eigenvalue weighted by Gasteiger charge is -2.22. The van der Waals surface area contributed by atoms with E-state index in [4.69, 9.17) is 0 Å². The van der Waals surface area contributed by atoms with E-state index in [0.29, 0.717) is 18.1 Å². The molecular weight excluding hydrogens is 438 g/mol. The van der Waals surface area contributed by atoms with E-state index in [1.165, 1.54) is 18.2 Å². The molecule has 2 aromatic carbocycles. The molecule has 0 saturated carbocycles. The summed E-state index contributed by atoms with van der Waals surface area (Å²) in [5.41, 5.74) is 1.59. The first-order valence-corrected chi connectivity index (χ1v) is 7.39. The lowest BCUT2D eigenvalue weighted by atomic mass is 10.2. The largest absolute Gasteiger partial charge is 0.352 e. The van der Waals surface area contributed by atoms with Gasteiger partial charge < -0.3 is 10.2 Å². The third-order valence-corrected chi connectivity index (χ3v) is 3.53. The molecule has 0 radical (unpaired) electrons. The number of aliphatic imine (C=N–C) groups is 1. The molecule has 2 rings (SSSR count). The number of rotatable bonds is 5. The number of hydrogen-bond donors (Lipinski definition) is 1. The Morgan fingerprint density at radius 2 is 1.88 bits per heavy atom. The van der Waals surface area contributed by atoms with Crippen molar-refractivity contribution in [3.05, 3.63) is 75.6 Å². The van der Waals surface area contributed by atoms with E-state index < -0.39 is 4.92 Å². The van der Waals surface area contributed by atoms with Gasteiger partial charge in [-0.3, -0.25) is 15.1 Å². The monoisotopic (exact) mass is 458 g/mol. The highest BCUT2D eigenvalue weighted by molar-refractivity contribution is 14.0. The molecule has 2 aromatic rings. The van der Waals surface area contributed by atoms with Gasteiger partial charge in [0.15, 0.2) is 5.96 Å². The smallest absolute Gasteiger partial charge is 0.274 e. The third-order valence-electron chi connectivity index (χ3n) is 3.53. The van der Waals surface area contributed by atoms with Crippen molar-refractivity contribution in [1.29, 1.82) is 0 Å². The van der Waals surface area contributed by atoms with Gasteiger partial charge in [0.1, 0.15) is 5.82 Å². The van der Waals surface area contributed by atoms with Crippen LogP contribution in [0.5, 0.6) is 0 Å². The zero-order chi connectivity index (χ0) is 17.5. The Morgan fingerprint density at radius 1 is 1.24 bits per heavy atom. The molecule has 8 heteroatoms. The van der Waals surface area contributed by atoms with Crippen LogP contribution in [0.2, 0.25) is 0 Å². The van der Waals surface area contributed by atoms with Crippen LogP contribution in [0, 0.1) is 15.9 Å². The highest BCUT2D eigenvalue weighted by Crippen LogP contribution is 2.17. The third kappa shape index (κ3) is 5.96. The van der Waals surface area contributed by atoms with Gasteiger partial charge in [-0.1, -0.05) is 30.3 Å². The Kier molecular flexibility index (Phi) is 8.26. The first-order chi connectivity index (χ1) is 11.5. The van der Waals surface area contributed by atoms with E-state index >= 15 is 0 Å². The second kappa shape index (κ2) is 9.92. The van der Waals surface area contributed by atoms with Crippen LogP contribution in [0.1, 0.15) is 11.1 Å². The fraction of sp³-hybridized carbons (Fsp3) is 0.235. The minimum absolute atomic E-state index is 0. The van der Waals surface area contributed by atoms with Crippen LogP contribution in [-0.4, -0.2) is 29.9 Å². The minimum Gasteiger partial charge on any atom is -0.352 e. The second-order valence-corrected chi connectivity index (χ2v) is 5.27. The second-order valence-electron chi connectivity index (χ2n) is 5.27. The van der Waals surface area contributed by atoms with Crippen molar-refractivity contribution < 1.29 is 9.31 Å². The SMILES string of the molecule is CN=C(NCc1ccccc1[N+](=O)[O-])N(C)Cc1ccc(F)cc1.I. The Morgan fingerprint density at radius 3 is 2.48 bits per heavy atom. The average molecular weight is 458 g/mol. The summed E-state index contributed by atoms with van der Waals surface area (Å²) in [6.45, 7) is 0.828. The maximum Gasteiger partial charge on any atom is 0.274 e. The Bertz CT molecular complexity index is 738. The molecule has 0 aliphatic heterocycles. The van der Waals surface area contributed by atoms with Crippen LogP contribution in [0.25, 0.3) is 0 Å². The van der Waals surface area contributed by atoms with Gasteiger partial charge in [-0.25, -0.2) is 4.39 Å². The molecule has 0 saturated heterocycles. The summed E-state index contributed by atoms with van der Waals surface area (Å²) in [7, 11) is 3.49. The zero-order valence-electron chi connectivity index (χ0n) is 14.0. The van der Waals surface area contributed by atoms with E-state index in [1.54, 1.807) is 37.4 Å². The quantitative estimate of drug-likeness (QED) is 0.245. The Hall–Kier alpha value is -2.23. The van der Waals surface area contributed by atoms with Gasteiger partial charge in [-0.05, 0) is 17.7 Å². The minimum atomic E-state index is -0.401. The fourth-order valence-electron chi connectivity index (χ4n) is 2.34. The van der Waals surface area contributed by atoms with Crippen molar-refractivity contribution in [2.75, 3.05) is 14.1 Å². The van der Waals surface area contributed by atoms with E-state index in [9.17, 15) is 14.5 Å². The Labute approximate surface area is 162 Å². The molecule has 6 nitrogen and oxygen atoms in total. The predicted octanol–water partition coefficient (Wildman–Crippen LogP) is 3.56. The fourth-order valence-corrected chi connectivity index (χ4v) is 2.34. The molecule has 0 fully saturated rings. The van der Waals surface area contributed by atoms with Gasteiger partial charge in [-0.2, -0.15) is 0 Å². The topological polar surface area (TPSA) is 70.8 Å². The molecule has 0 heterocycles. The molecule has 0 aliphatic carbocycles. The number of nitrogens with one attached hydrogen (secondary N) is 1. The average Bonchev–Trinajstić information content (AvgIpc) is 2.57. The molecule has 0 unspecified atom stereocenters. The highest BCUT2D eigenvalue weighted by Gasteiger charge is 2.13. The van der Waals surface area contributed by atoms with Crippen LogP contribution in [0.3, 0.4) is 0 Å². The van der Waals surface area contributed by atoms with Crippen LogP contribution < -0.4 is 5.32 Å². The summed E-state index contributed by atoms with van der Waals surface area (Å²) in [4.78, 5) is 16.7. The van der Waals surface area contributed by atoms with Crippen LogP contribution in [0.4, 0.5) is 10.1 Å². The molecule has 134 valence electrons. The summed E-state index contributed by atoms with van der Waals surface area (Å²) >= 11 is 0. The molecule has 1 N–H and O–H groups in total. The van der Waals surface area contributed by atoms with Crippen molar-refractivity contribution in [2.45, 2.75) is 13.1 Å². The van der Waals surface area contributed by atoms with Gasteiger partial charge in [-0.15, -0.1) is 24.0 Å². The maximum atomic E-state index is 13.0. The number of para-hydroxylation sites is 1. The van der Waals surface area contributed by atoms with E-state index in [2.05, 4.69) is 10.3 Å². The van der Waals surface area contributed by atoms with Crippen LogP contribution in [-0.2, 0) is 13.1 Å². The first-order valence-electron chi connectivity index (χ1n) is 7.39.